The molecular formula is C12H9BrClNO3. The van der Waals surface area contributed by atoms with E-state index in [-0.39, 0.29) is 16.9 Å². The summed E-state index contributed by atoms with van der Waals surface area (Å²) in [5.74, 6) is 0.415. The molecule has 1 N–H and O–H groups in total. The quantitative estimate of drug-likeness (QED) is 0.927. The molecule has 0 radical (unpaired) electrons. The Bertz CT molecular complexity index is 582. The Labute approximate surface area is 117 Å². The van der Waals surface area contributed by atoms with E-state index in [1.165, 1.54) is 12.1 Å². The summed E-state index contributed by atoms with van der Waals surface area (Å²) >= 11 is 8.93. The van der Waals surface area contributed by atoms with Gasteiger partial charge in [-0.05, 0) is 51.8 Å². The van der Waals surface area contributed by atoms with Gasteiger partial charge in [0.05, 0.1) is 11.6 Å². The molecule has 1 aromatic heterocycles. The van der Waals surface area contributed by atoms with Crippen LogP contribution in [0.3, 0.4) is 0 Å². The summed E-state index contributed by atoms with van der Waals surface area (Å²) < 4.78 is 11.0. The summed E-state index contributed by atoms with van der Waals surface area (Å²) in [6.07, 6.45) is 0. The van der Waals surface area contributed by atoms with Crippen LogP contribution in [0.4, 0.5) is 5.69 Å². The molecule has 2 aromatic rings. The maximum atomic E-state index is 11.8. The molecule has 0 aliphatic rings. The zero-order chi connectivity index (χ0) is 13.1. The fraction of sp³-hybridized carbons (Fsp3) is 0.0833. The number of ether oxygens (including phenoxy) is 1. The molecule has 94 valence electrons. The predicted octanol–water partition coefficient (Wildman–Crippen LogP) is 3.96. The van der Waals surface area contributed by atoms with Crippen molar-refractivity contribution in [2.45, 2.75) is 0 Å². The number of hydrogen-bond donors (Lipinski definition) is 1. The van der Waals surface area contributed by atoms with Crippen molar-refractivity contribution in [2.75, 3.05) is 12.4 Å². The third-order valence-electron chi connectivity index (χ3n) is 2.21. The second-order valence-corrected chi connectivity index (χ2v) is 4.63. The van der Waals surface area contributed by atoms with Gasteiger partial charge in [0.1, 0.15) is 5.75 Å². The van der Waals surface area contributed by atoms with Crippen LogP contribution in [0.15, 0.2) is 39.2 Å². The number of nitrogens with one attached hydrogen (secondary N) is 1. The molecule has 0 unspecified atom stereocenters. The normalized spacial score (nSPS) is 10.2. The summed E-state index contributed by atoms with van der Waals surface area (Å²) in [5, 5.41) is 2.86. The zero-order valence-electron chi connectivity index (χ0n) is 9.37. The van der Waals surface area contributed by atoms with Crippen LogP contribution >= 0.6 is 27.5 Å². The number of halogens is 2. The SMILES string of the molecule is COc1cc(NC(=O)c2ccc(Cl)o2)ccc1Br. The number of methoxy groups -OCH3 is 1. The van der Waals surface area contributed by atoms with E-state index in [1.54, 1.807) is 25.3 Å². The van der Waals surface area contributed by atoms with Crippen LogP contribution in [-0.4, -0.2) is 13.0 Å². The van der Waals surface area contributed by atoms with Crippen LogP contribution in [0.5, 0.6) is 5.75 Å². The maximum absolute atomic E-state index is 11.8. The predicted molar refractivity (Wildman–Crippen MR) is 72.4 cm³/mol. The molecule has 0 fully saturated rings. The van der Waals surface area contributed by atoms with Crippen LogP contribution in [0.1, 0.15) is 10.6 Å². The van der Waals surface area contributed by atoms with E-state index in [9.17, 15) is 4.79 Å². The first kappa shape index (κ1) is 13.0. The molecule has 0 aliphatic heterocycles. The molecule has 1 heterocycles. The van der Waals surface area contributed by atoms with Gasteiger partial charge < -0.3 is 14.5 Å². The van der Waals surface area contributed by atoms with Crippen LogP contribution < -0.4 is 10.1 Å². The molecule has 0 spiro atoms. The smallest absolute Gasteiger partial charge is 0.291 e. The highest BCUT2D eigenvalue weighted by Crippen LogP contribution is 2.28. The number of hydrogen-bond acceptors (Lipinski definition) is 3. The van der Waals surface area contributed by atoms with Crippen molar-refractivity contribution < 1.29 is 13.9 Å². The summed E-state index contributed by atoms with van der Waals surface area (Å²) in [6.45, 7) is 0. The fourth-order valence-electron chi connectivity index (χ4n) is 1.37. The van der Waals surface area contributed by atoms with Crippen molar-refractivity contribution in [1.82, 2.24) is 0 Å². The standard InChI is InChI=1S/C12H9BrClNO3/c1-17-10-6-7(2-3-8(10)13)15-12(16)9-4-5-11(14)18-9/h2-6H,1H3,(H,15,16). The van der Waals surface area contributed by atoms with Gasteiger partial charge in [-0.1, -0.05) is 0 Å². The maximum Gasteiger partial charge on any atom is 0.291 e. The van der Waals surface area contributed by atoms with Crippen molar-refractivity contribution in [3.05, 3.63) is 45.8 Å². The van der Waals surface area contributed by atoms with Crippen molar-refractivity contribution in [2.24, 2.45) is 0 Å². The highest BCUT2D eigenvalue weighted by Gasteiger charge is 2.11. The fourth-order valence-corrected chi connectivity index (χ4v) is 1.92. The average Bonchev–Trinajstić information content (AvgIpc) is 2.78. The van der Waals surface area contributed by atoms with Crippen LogP contribution in [0.25, 0.3) is 0 Å². The van der Waals surface area contributed by atoms with Gasteiger partial charge in [-0.15, -0.1) is 0 Å². The summed E-state index contributed by atoms with van der Waals surface area (Å²) in [5.41, 5.74) is 0.604. The monoisotopic (exact) mass is 329 g/mol. The van der Waals surface area contributed by atoms with E-state index < -0.39 is 0 Å². The molecule has 2 rings (SSSR count). The second kappa shape index (κ2) is 5.46. The molecule has 0 aliphatic carbocycles. The molecule has 1 aromatic carbocycles. The van der Waals surface area contributed by atoms with E-state index >= 15 is 0 Å². The largest absolute Gasteiger partial charge is 0.495 e. The Morgan fingerprint density at radius 2 is 2.17 bits per heavy atom. The van der Waals surface area contributed by atoms with Gasteiger partial charge >= 0.3 is 0 Å². The first-order valence-corrected chi connectivity index (χ1v) is 6.17. The third kappa shape index (κ3) is 2.86. The van der Waals surface area contributed by atoms with E-state index in [2.05, 4.69) is 21.2 Å². The molecule has 1 amide bonds. The molecule has 18 heavy (non-hydrogen) atoms. The Balaban J connectivity index is 2.16. The van der Waals surface area contributed by atoms with Crippen molar-refractivity contribution in [1.29, 1.82) is 0 Å². The lowest BCUT2D eigenvalue weighted by Crippen LogP contribution is -2.10. The Kier molecular flexibility index (Phi) is 3.93. The lowest BCUT2D eigenvalue weighted by molar-refractivity contribution is 0.0997. The molecule has 0 atom stereocenters. The van der Waals surface area contributed by atoms with Gasteiger partial charge in [0, 0.05) is 11.8 Å². The molecule has 4 nitrogen and oxygen atoms in total. The summed E-state index contributed by atoms with van der Waals surface area (Å²) in [7, 11) is 1.55. The average molecular weight is 331 g/mol. The lowest BCUT2D eigenvalue weighted by atomic mass is 10.3. The van der Waals surface area contributed by atoms with Crippen molar-refractivity contribution in [3.8, 4) is 5.75 Å². The Morgan fingerprint density at radius 3 is 2.78 bits per heavy atom. The van der Waals surface area contributed by atoms with Gasteiger partial charge in [-0.2, -0.15) is 0 Å². The number of amides is 1. The second-order valence-electron chi connectivity index (χ2n) is 3.41. The van der Waals surface area contributed by atoms with Crippen molar-refractivity contribution >= 4 is 39.1 Å². The lowest BCUT2D eigenvalue weighted by Gasteiger charge is -2.07. The number of anilines is 1. The first-order chi connectivity index (χ1) is 8.60. The minimum Gasteiger partial charge on any atom is -0.495 e. The minimum atomic E-state index is -0.369. The summed E-state index contributed by atoms with van der Waals surface area (Å²) in [4.78, 5) is 11.8. The zero-order valence-corrected chi connectivity index (χ0v) is 11.7. The van der Waals surface area contributed by atoms with Gasteiger partial charge in [-0.3, -0.25) is 4.79 Å². The van der Waals surface area contributed by atoms with Crippen LogP contribution in [0.2, 0.25) is 5.22 Å². The first-order valence-electron chi connectivity index (χ1n) is 5.00. The van der Waals surface area contributed by atoms with E-state index in [0.717, 1.165) is 4.47 Å². The molecule has 0 saturated carbocycles. The Morgan fingerprint density at radius 1 is 1.39 bits per heavy atom. The molecular weight excluding hydrogens is 321 g/mol. The third-order valence-corrected chi connectivity index (χ3v) is 3.06. The number of furan rings is 1. The highest BCUT2D eigenvalue weighted by molar-refractivity contribution is 9.10. The topological polar surface area (TPSA) is 51.5 Å². The minimum absolute atomic E-state index is 0.155. The Hall–Kier alpha value is -1.46. The van der Waals surface area contributed by atoms with Gasteiger partial charge in [0.2, 0.25) is 0 Å². The van der Waals surface area contributed by atoms with Crippen LogP contribution in [-0.2, 0) is 0 Å². The number of benzene rings is 1. The molecule has 0 saturated heterocycles. The van der Waals surface area contributed by atoms with E-state index in [0.29, 0.717) is 11.4 Å². The molecule has 6 heteroatoms. The number of carbonyl (C=O) groups is 1. The van der Waals surface area contributed by atoms with Crippen molar-refractivity contribution in [3.63, 3.8) is 0 Å². The van der Waals surface area contributed by atoms with E-state index in [4.69, 9.17) is 20.8 Å². The van der Waals surface area contributed by atoms with Gasteiger partial charge in [0.25, 0.3) is 5.91 Å². The van der Waals surface area contributed by atoms with E-state index in [1.807, 2.05) is 0 Å². The number of rotatable bonds is 3. The van der Waals surface area contributed by atoms with Crippen LogP contribution in [0, 0.1) is 0 Å². The van der Waals surface area contributed by atoms with Gasteiger partial charge in [-0.25, -0.2) is 0 Å². The highest BCUT2D eigenvalue weighted by atomic mass is 79.9. The molecule has 0 bridgehead atoms. The van der Waals surface area contributed by atoms with Gasteiger partial charge in [0.15, 0.2) is 11.0 Å². The summed E-state index contributed by atoms with van der Waals surface area (Å²) in [6, 6.07) is 8.25. The number of carbonyl (C=O) groups excluding carboxylic acids is 1.